The van der Waals surface area contributed by atoms with Crippen LogP contribution in [0.2, 0.25) is 5.02 Å². The van der Waals surface area contributed by atoms with Gasteiger partial charge in [-0.25, -0.2) is 4.68 Å². The van der Waals surface area contributed by atoms with Gasteiger partial charge in [-0.1, -0.05) is 17.7 Å². The molecular weight excluding hydrogens is 368 g/mol. The predicted molar refractivity (Wildman–Crippen MR) is 103 cm³/mol. The molecule has 0 aliphatic rings. The molecule has 1 amide bonds. The van der Waals surface area contributed by atoms with Crippen molar-refractivity contribution in [3.63, 3.8) is 0 Å². The number of nitrogens with one attached hydrogen (secondary N) is 2. The largest absolute Gasteiger partial charge is 0.463 e. The molecule has 0 radical (unpaired) electrons. The average Bonchev–Trinajstić information content (AvgIpc) is 3.33. The van der Waals surface area contributed by atoms with Crippen molar-refractivity contribution >= 4 is 17.5 Å². The number of aromatic nitrogens is 2. The molecule has 7 nitrogen and oxygen atoms in total. The molecule has 0 atom stereocenters. The van der Waals surface area contributed by atoms with Crippen LogP contribution in [0.4, 0.5) is 0 Å². The monoisotopic (exact) mass is 388 g/mol. The van der Waals surface area contributed by atoms with Crippen LogP contribution < -0.4 is 10.6 Å². The van der Waals surface area contributed by atoms with E-state index in [0.717, 1.165) is 12.2 Å². The Hall–Kier alpha value is -2.61. The quantitative estimate of drug-likeness (QED) is 0.551. The van der Waals surface area contributed by atoms with E-state index in [1.165, 1.54) is 0 Å². The number of benzene rings is 1. The summed E-state index contributed by atoms with van der Waals surface area (Å²) in [5.41, 5.74) is 1.72. The average molecular weight is 389 g/mol. The zero-order chi connectivity index (χ0) is 19.1. The van der Waals surface area contributed by atoms with Gasteiger partial charge in [0.1, 0.15) is 5.69 Å². The van der Waals surface area contributed by atoms with E-state index in [0.29, 0.717) is 41.9 Å². The van der Waals surface area contributed by atoms with Crippen molar-refractivity contribution in [2.75, 3.05) is 33.4 Å². The fourth-order valence-electron chi connectivity index (χ4n) is 2.55. The number of carbonyl (C=O) groups is 1. The van der Waals surface area contributed by atoms with Crippen LogP contribution in [0.3, 0.4) is 0 Å². The summed E-state index contributed by atoms with van der Waals surface area (Å²) in [6.07, 6.45) is 1.58. The van der Waals surface area contributed by atoms with Crippen molar-refractivity contribution in [2.24, 2.45) is 0 Å². The molecule has 1 aromatic carbocycles. The Labute approximate surface area is 162 Å². The summed E-state index contributed by atoms with van der Waals surface area (Å²) in [5, 5.41) is 11.1. The second-order valence-electron chi connectivity index (χ2n) is 5.78. The van der Waals surface area contributed by atoms with Crippen LogP contribution in [-0.4, -0.2) is 49.0 Å². The van der Waals surface area contributed by atoms with Crippen molar-refractivity contribution in [2.45, 2.75) is 0 Å². The molecule has 2 aromatic heterocycles. The minimum Gasteiger partial charge on any atom is -0.463 e. The molecule has 0 fully saturated rings. The van der Waals surface area contributed by atoms with Crippen molar-refractivity contribution in [3.05, 3.63) is 59.4 Å². The van der Waals surface area contributed by atoms with Crippen LogP contribution in [0.1, 0.15) is 10.5 Å². The summed E-state index contributed by atoms with van der Waals surface area (Å²) in [7, 11) is 1.65. The number of carbonyl (C=O) groups excluding carboxylic acids is 1. The van der Waals surface area contributed by atoms with Gasteiger partial charge in [0.15, 0.2) is 11.5 Å². The van der Waals surface area contributed by atoms with E-state index in [9.17, 15) is 4.79 Å². The van der Waals surface area contributed by atoms with Crippen molar-refractivity contribution in [3.8, 4) is 17.1 Å². The molecule has 3 rings (SSSR count). The highest BCUT2D eigenvalue weighted by Gasteiger charge is 2.18. The molecule has 0 unspecified atom stereocenters. The number of nitrogens with zero attached hydrogens (tertiary/aromatic N) is 2. The number of amides is 1. The smallest absolute Gasteiger partial charge is 0.271 e. The lowest BCUT2D eigenvalue weighted by Gasteiger charge is -2.06. The van der Waals surface area contributed by atoms with Gasteiger partial charge in [-0.05, 0) is 30.3 Å². The van der Waals surface area contributed by atoms with Crippen LogP contribution in [0.15, 0.2) is 53.1 Å². The fourth-order valence-corrected chi connectivity index (χ4v) is 2.74. The Bertz CT molecular complexity index is 877. The van der Waals surface area contributed by atoms with Gasteiger partial charge in [0.05, 0.1) is 18.6 Å². The first-order valence-corrected chi connectivity index (χ1v) is 8.94. The third kappa shape index (κ3) is 4.97. The summed E-state index contributed by atoms with van der Waals surface area (Å²) >= 11 is 6.10. The first-order chi connectivity index (χ1) is 13.2. The second kappa shape index (κ2) is 9.36. The lowest BCUT2D eigenvalue weighted by atomic mass is 10.2. The lowest BCUT2D eigenvalue weighted by Crippen LogP contribution is -2.33. The Morgan fingerprint density at radius 2 is 2.11 bits per heavy atom. The summed E-state index contributed by atoms with van der Waals surface area (Å²) in [6, 6.07) is 12.6. The van der Waals surface area contributed by atoms with Gasteiger partial charge >= 0.3 is 0 Å². The molecule has 0 aliphatic heterocycles. The number of hydrogen-bond donors (Lipinski definition) is 2. The van der Waals surface area contributed by atoms with Crippen LogP contribution in [-0.2, 0) is 4.74 Å². The maximum atomic E-state index is 12.5. The maximum absolute atomic E-state index is 12.5. The van der Waals surface area contributed by atoms with E-state index in [2.05, 4.69) is 15.7 Å². The molecule has 2 N–H and O–H groups in total. The highest BCUT2D eigenvalue weighted by Crippen LogP contribution is 2.25. The van der Waals surface area contributed by atoms with Crippen LogP contribution in [0, 0.1) is 0 Å². The van der Waals surface area contributed by atoms with Gasteiger partial charge in [-0.15, -0.1) is 0 Å². The topological polar surface area (TPSA) is 81.3 Å². The van der Waals surface area contributed by atoms with Gasteiger partial charge in [-0.3, -0.25) is 4.79 Å². The van der Waals surface area contributed by atoms with E-state index in [4.69, 9.17) is 20.8 Å². The van der Waals surface area contributed by atoms with Crippen molar-refractivity contribution in [1.29, 1.82) is 0 Å². The summed E-state index contributed by atoms with van der Waals surface area (Å²) in [6.45, 7) is 2.50. The predicted octanol–water partition coefficient (Wildman–Crippen LogP) is 2.75. The van der Waals surface area contributed by atoms with E-state index in [1.54, 1.807) is 42.3 Å². The number of furan rings is 1. The molecule has 0 aliphatic carbocycles. The first kappa shape index (κ1) is 19.2. The standard InChI is InChI=1S/C19H21ClN4O3/c1-26-11-9-21-7-8-22-19(25)16-13-17(18-6-3-10-27-18)24(23-16)15-5-2-4-14(20)12-15/h2-6,10,12-13,21H,7-9,11H2,1H3,(H,22,25). The van der Waals surface area contributed by atoms with Gasteiger partial charge in [-0.2, -0.15) is 5.10 Å². The van der Waals surface area contributed by atoms with Crippen LogP contribution in [0.25, 0.3) is 17.1 Å². The summed E-state index contributed by atoms with van der Waals surface area (Å²) < 4.78 is 12.1. The van der Waals surface area contributed by atoms with E-state index in [-0.39, 0.29) is 5.91 Å². The van der Waals surface area contributed by atoms with E-state index in [1.807, 2.05) is 18.2 Å². The Morgan fingerprint density at radius 3 is 2.85 bits per heavy atom. The Morgan fingerprint density at radius 1 is 1.22 bits per heavy atom. The van der Waals surface area contributed by atoms with Gasteiger partial charge < -0.3 is 19.8 Å². The second-order valence-corrected chi connectivity index (χ2v) is 6.22. The van der Waals surface area contributed by atoms with Gasteiger partial charge in [0.25, 0.3) is 5.91 Å². The molecule has 27 heavy (non-hydrogen) atoms. The molecule has 2 heterocycles. The molecule has 142 valence electrons. The van der Waals surface area contributed by atoms with Gasteiger partial charge in [0, 0.05) is 37.8 Å². The minimum absolute atomic E-state index is 0.253. The molecular formula is C19H21ClN4O3. The number of halogens is 1. The van der Waals surface area contributed by atoms with E-state index >= 15 is 0 Å². The number of ether oxygens (including phenoxy) is 1. The van der Waals surface area contributed by atoms with Crippen LogP contribution in [0.5, 0.6) is 0 Å². The number of methoxy groups -OCH3 is 1. The van der Waals surface area contributed by atoms with Crippen molar-refractivity contribution in [1.82, 2.24) is 20.4 Å². The molecule has 8 heteroatoms. The van der Waals surface area contributed by atoms with E-state index < -0.39 is 0 Å². The van der Waals surface area contributed by atoms with Crippen LogP contribution >= 0.6 is 11.6 Å². The molecule has 0 bridgehead atoms. The Balaban J connectivity index is 1.77. The summed E-state index contributed by atoms with van der Waals surface area (Å²) in [5.74, 6) is 0.361. The molecule has 3 aromatic rings. The third-order valence-electron chi connectivity index (χ3n) is 3.84. The number of rotatable bonds is 9. The fraction of sp³-hybridized carbons (Fsp3) is 0.263. The maximum Gasteiger partial charge on any atom is 0.271 e. The normalized spacial score (nSPS) is 10.9. The van der Waals surface area contributed by atoms with Gasteiger partial charge in [0.2, 0.25) is 0 Å². The molecule has 0 saturated carbocycles. The molecule has 0 saturated heterocycles. The first-order valence-electron chi connectivity index (χ1n) is 8.57. The minimum atomic E-state index is -0.253. The lowest BCUT2D eigenvalue weighted by molar-refractivity contribution is 0.0948. The number of hydrogen-bond acceptors (Lipinski definition) is 5. The zero-order valence-corrected chi connectivity index (χ0v) is 15.7. The Kier molecular flexibility index (Phi) is 6.64. The van der Waals surface area contributed by atoms with Crippen molar-refractivity contribution < 1.29 is 13.9 Å². The highest BCUT2D eigenvalue weighted by molar-refractivity contribution is 6.30. The SMILES string of the molecule is COCCNCCNC(=O)c1cc(-c2ccco2)n(-c2cccc(Cl)c2)n1. The molecule has 0 spiro atoms. The zero-order valence-electron chi connectivity index (χ0n) is 14.9. The third-order valence-corrected chi connectivity index (χ3v) is 4.07. The summed E-state index contributed by atoms with van der Waals surface area (Å²) in [4.78, 5) is 12.5. The highest BCUT2D eigenvalue weighted by atomic mass is 35.5.